The van der Waals surface area contributed by atoms with E-state index in [1.807, 2.05) is 6.92 Å². The van der Waals surface area contributed by atoms with E-state index in [9.17, 15) is 4.79 Å². The molecule has 7 N–H and O–H groups in total. The summed E-state index contributed by atoms with van der Waals surface area (Å²) in [5.74, 6) is -0.159. The molecule has 0 fully saturated rings. The SMILES string of the molecule is CCCC(N)NC(=O)[C@@H](N)CCCCN. The molecule has 0 aliphatic rings. The molecular formula is C10H24N4O. The van der Waals surface area contributed by atoms with Crippen LogP contribution in [-0.4, -0.2) is 24.7 Å². The second kappa shape index (κ2) is 8.64. The van der Waals surface area contributed by atoms with E-state index in [2.05, 4.69) is 5.32 Å². The van der Waals surface area contributed by atoms with Gasteiger partial charge in [-0.25, -0.2) is 0 Å². The fraction of sp³-hybridized carbons (Fsp3) is 0.900. The van der Waals surface area contributed by atoms with Crippen molar-refractivity contribution in [2.75, 3.05) is 6.54 Å². The summed E-state index contributed by atoms with van der Waals surface area (Å²) >= 11 is 0. The highest BCUT2D eigenvalue weighted by atomic mass is 16.2. The van der Waals surface area contributed by atoms with Crippen LogP contribution in [0.1, 0.15) is 39.0 Å². The number of unbranched alkanes of at least 4 members (excludes halogenated alkanes) is 1. The molecule has 0 aliphatic heterocycles. The van der Waals surface area contributed by atoms with E-state index in [-0.39, 0.29) is 12.1 Å². The molecule has 1 amide bonds. The van der Waals surface area contributed by atoms with Crippen molar-refractivity contribution in [2.24, 2.45) is 17.2 Å². The minimum absolute atomic E-state index is 0.159. The lowest BCUT2D eigenvalue weighted by Gasteiger charge is -2.16. The van der Waals surface area contributed by atoms with Gasteiger partial charge in [0.15, 0.2) is 0 Å². The van der Waals surface area contributed by atoms with Crippen molar-refractivity contribution in [3.05, 3.63) is 0 Å². The van der Waals surface area contributed by atoms with E-state index in [1.54, 1.807) is 0 Å². The van der Waals surface area contributed by atoms with Crippen LogP contribution in [0.5, 0.6) is 0 Å². The fourth-order valence-electron chi connectivity index (χ4n) is 1.31. The van der Waals surface area contributed by atoms with Gasteiger partial charge in [-0.2, -0.15) is 0 Å². The molecule has 1 unspecified atom stereocenters. The zero-order valence-electron chi connectivity index (χ0n) is 9.54. The highest BCUT2D eigenvalue weighted by Gasteiger charge is 2.14. The predicted molar refractivity (Wildman–Crippen MR) is 61.9 cm³/mol. The lowest BCUT2D eigenvalue weighted by Crippen LogP contribution is -2.48. The Balaban J connectivity index is 3.68. The van der Waals surface area contributed by atoms with Crippen LogP contribution in [0.3, 0.4) is 0 Å². The lowest BCUT2D eigenvalue weighted by atomic mass is 10.1. The van der Waals surface area contributed by atoms with Gasteiger partial charge in [0, 0.05) is 0 Å². The maximum Gasteiger partial charge on any atom is 0.238 e. The number of carbonyl (C=O) groups excluding carboxylic acids is 1. The molecule has 0 aromatic carbocycles. The quantitative estimate of drug-likeness (QED) is 0.328. The van der Waals surface area contributed by atoms with Gasteiger partial charge in [0.25, 0.3) is 0 Å². The first-order valence-corrected chi connectivity index (χ1v) is 5.63. The number of hydrogen-bond acceptors (Lipinski definition) is 4. The third kappa shape index (κ3) is 7.30. The molecule has 2 atom stereocenters. The zero-order chi connectivity index (χ0) is 11.7. The number of nitrogens with two attached hydrogens (primary N) is 3. The van der Waals surface area contributed by atoms with Crippen molar-refractivity contribution in [2.45, 2.75) is 51.2 Å². The minimum atomic E-state index is -0.459. The third-order valence-corrected chi connectivity index (χ3v) is 2.23. The highest BCUT2D eigenvalue weighted by molar-refractivity contribution is 5.81. The first-order chi connectivity index (χ1) is 7.11. The molecule has 5 heteroatoms. The first kappa shape index (κ1) is 14.3. The van der Waals surface area contributed by atoms with E-state index >= 15 is 0 Å². The van der Waals surface area contributed by atoms with Crippen molar-refractivity contribution < 1.29 is 4.79 Å². The highest BCUT2D eigenvalue weighted by Crippen LogP contribution is 1.98. The normalized spacial score (nSPS) is 14.7. The number of carbonyl (C=O) groups is 1. The maximum absolute atomic E-state index is 11.5. The number of nitrogens with one attached hydrogen (secondary N) is 1. The molecule has 0 saturated carbocycles. The molecule has 0 radical (unpaired) electrons. The van der Waals surface area contributed by atoms with Gasteiger partial charge >= 0.3 is 0 Å². The summed E-state index contributed by atoms with van der Waals surface area (Å²) in [5.41, 5.74) is 16.7. The molecule has 0 heterocycles. The van der Waals surface area contributed by atoms with Crippen LogP contribution >= 0.6 is 0 Å². The van der Waals surface area contributed by atoms with Gasteiger partial charge < -0.3 is 22.5 Å². The van der Waals surface area contributed by atoms with Crippen LogP contribution in [0.4, 0.5) is 0 Å². The molecule has 0 rings (SSSR count). The summed E-state index contributed by atoms with van der Waals surface area (Å²) in [6.07, 6.45) is 3.91. The Morgan fingerprint density at radius 1 is 1.27 bits per heavy atom. The first-order valence-electron chi connectivity index (χ1n) is 5.63. The number of amides is 1. The monoisotopic (exact) mass is 216 g/mol. The molecule has 0 aromatic heterocycles. The summed E-state index contributed by atoms with van der Waals surface area (Å²) < 4.78 is 0. The van der Waals surface area contributed by atoms with Crippen LogP contribution in [0.2, 0.25) is 0 Å². The second-order valence-corrected chi connectivity index (χ2v) is 3.79. The van der Waals surface area contributed by atoms with Gasteiger partial charge in [-0.15, -0.1) is 0 Å². The molecule has 90 valence electrons. The molecule has 0 spiro atoms. The van der Waals surface area contributed by atoms with Gasteiger partial charge in [-0.05, 0) is 25.8 Å². The average molecular weight is 216 g/mol. The largest absolute Gasteiger partial charge is 0.340 e. The van der Waals surface area contributed by atoms with Crippen LogP contribution in [0, 0.1) is 0 Å². The molecule has 0 aliphatic carbocycles. The maximum atomic E-state index is 11.5. The Kier molecular flexibility index (Phi) is 8.27. The third-order valence-electron chi connectivity index (χ3n) is 2.23. The van der Waals surface area contributed by atoms with Crippen LogP contribution in [0.15, 0.2) is 0 Å². The second-order valence-electron chi connectivity index (χ2n) is 3.79. The Bertz CT molecular complexity index is 175. The molecule has 0 bridgehead atoms. The van der Waals surface area contributed by atoms with Gasteiger partial charge in [0.1, 0.15) is 0 Å². The summed E-state index contributed by atoms with van der Waals surface area (Å²) in [6, 6.07) is -0.459. The van der Waals surface area contributed by atoms with E-state index in [0.29, 0.717) is 13.0 Å². The number of hydrogen-bond donors (Lipinski definition) is 4. The molecule has 15 heavy (non-hydrogen) atoms. The van der Waals surface area contributed by atoms with E-state index in [1.165, 1.54) is 0 Å². The van der Waals surface area contributed by atoms with Crippen molar-refractivity contribution in [3.63, 3.8) is 0 Å². The van der Waals surface area contributed by atoms with Crippen molar-refractivity contribution in [3.8, 4) is 0 Å². The Morgan fingerprint density at radius 2 is 1.93 bits per heavy atom. The van der Waals surface area contributed by atoms with Crippen molar-refractivity contribution >= 4 is 5.91 Å². The van der Waals surface area contributed by atoms with Crippen LogP contribution in [0.25, 0.3) is 0 Å². The Morgan fingerprint density at radius 3 is 2.47 bits per heavy atom. The van der Waals surface area contributed by atoms with Crippen LogP contribution in [-0.2, 0) is 4.79 Å². The molecule has 5 nitrogen and oxygen atoms in total. The van der Waals surface area contributed by atoms with Crippen LogP contribution < -0.4 is 22.5 Å². The Labute approximate surface area is 91.8 Å². The number of rotatable bonds is 8. The summed E-state index contributed by atoms with van der Waals surface area (Å²) in [4.78, 5) is 11.5. The van der Waals surface area contributed by atoms with E-state index in [4.69, 9.17) is 17.2 Å². The molecule has 0 aromatic rings. The zero-order valence-corrected chi connectivity index (χ0v) is 9.54. The average Bonchev–Trinajstić information content (AvgIpc) is 2.18. The summed E-state index contributed by atoms with van der Waals surface area (Å²) in [7, 11) is 0. The smallest absolute Gasteiger partial charge is 0.238 e. The Hall–Kier alpha value is -0.650. The standard InChI is InChI=1S/C10H24N4O/c1-2-5-9(13)14-10(15)8(12)6-3-4-7-11/h8-9H,2-7,11-13H2,1H3,(H,14,15)/t8-,9?/m0/s1. The summed E-state index contributed by atoms with van der Waals surface area (Å²) in [6.45, 7) is 2.66. The van der Waals surface area contributed by atoms with Gasteiger partial charge in [-0.3, -0.25) is 4.79 Å². The minimum Gasteiger partial charge on any atom is -0.340 e. The van der Waals surface area contributed by atoms with E-state index < -0.39 is 6.04 Å². The van der Waals surface area contributed by atoms with Crippen molar-refractivity contribution in [1.82, 2.24) is 5.32 Å². The molecule has 0 saturated heterocycles. The lowest BCUT2D eigenvalue weighted by molar-refractivity contribution is -0.123. The van der Waals surface area contributed by atoms with Gasteiger partial charge in [-0.1, -0.05) is 19.8 Å². The van der Waals surface area contributed by atoms with Gasteiger partial charge in [0.05, 0.1) is 12.2 Å². The van der Waals surface area contributed by atoms with E-state index in [0.717, 1.165) is 25.7 Å². The predicted octanol–water partition coefficient (Wildman–Crippen LogP) is -0.356. The van der Waals surface area contributed by atoms with Gasteiger partial charge in [0.2, 0.25) is 5.91 Å². The molecular weight excluding hydrogens is 192 g/mol. The fourth-order valence-corrected chi connectivity index (χ4v) is 1.31. The topological polar surface area (TPSA) is 107 Å². The summed E-state index contributed by atoms with van der Waals surface area (Å²) in [5, 5.41) is 2.69. The van der Waals surface area contributed by atoms with Crippen molar-refractivity contribution in [1.29, 1.82) is 0 Å².